The van der Waals surface area contributed by atoms with Crippen LogP contribution in [0.25, 0.3) is 0 Å². The maximum Gasteiger partial charge on any atom is 0.469 e. The van der Waals surface area contributed by atoms with Gasteiger partial charge >= 0.3 is 7.82 Å². The number of methoxy groups -OCH3 is 1. The molecule has 0 bridgehead atoms. The number of hydrogen-bond acceptors (Lipinski definition) is 5. The van der Waals surface area contributed by atoms with Crippen molar-refractivity contribution in [3.05, 3.63) is 59.7 Å². The topological polar surface area (TPSA) is 114 Å². The molecule has 1 amide bonds. The molecule has 1 atom stereocenters. The monoisotopic (exact) mass is 605 g/mol. The molecule has 0 aliphatic rings. The molecule has 3 N–H and O–H groups in total. The fourth-order valence-electron chi connectivity index (χ4n) is 4.88. The van der Waals surface area contributed by atoms with Crippen molar-refractivity contribution in [2.45, 2.75) is 116 Å². The van der Waals surface area contributed by atoms with Gasteiger partial charge in [-0.15, -0.1) is 0 Å². The Labute approximate surface area is 252 Å². The summed E-state index contributed by atoms with van der Waals surface area (Å²) in [5.41, 5.74) is 1.88. The predicted molar refractivity (Wildman–Crippen MR) is 168 cm³/mol. The number of carbonyl (C=O) groups excluding carboxylic acids is 1. The number of rotatable bonds is 24. The fourth-order valence-corrected chi connectivity index (χ4v) is 5.25. The lowest BCUT2D eigenvalue weighted by Crippen LogP contribution is -2.39. The number of nitrogens with one attached hydrogen (secondary N) is 1. The van der Waals surface area contributed by atoms with Crippen molar-refractivity contribution in [1.29, 1.82) is 0 Å². The molecule has 236 valence electrons. The van der Waals surface area contributed by atoms with Crippen molar-refractivity contribution in [1.82, 2.24) is 5.32 Å². The van der Waals surface area contributed by atoms with Crippen molar-refractivity contribution in [2.75, 3.05) is 13.7 Å². The molecule has 2 aromatic rings. The number of carbonyl (C=O) groups is 1. The molecule has 0 radical (unpaired) electrons. The number of benzene rings is 2. The average Bonchev–Trinajstić information content (AvgIpc) is 2.97. The number of amides is 1. The highest BCUT2D eigenvalue weighted by atomic mass is 31.2. The molecule has 8 nitrogen and oxygen atoms in total. The number of ether oxygens (including phenoxy) is 2. The minimum atomic E-state index is -4.65. The third-order valence-corrected chi connectivity index (χ3v) is 7.75. The summed E-state index contributed by atoms with van der Waals surface area (Å²) in [5.74, 6) is 1.33. The molecular weight excluding hydrogens is 553 g/mol. The largest absolute Gasteiger partial charge is 0.497 e. The van der Waals surface area contributed by atoms with Gasteiger partial charge in [0.2, 0.25) is 5.91 Å². The van der Waals surface area contributed by atoms with Gasteiger partial charge in [0.15, 0.2) is 0 Å². The summed E-state index contributed by atoms with van der Waals surface area (Å²) >= 11 is 0. The lowest BCUT2D eigenvalue weighted by molar-refractivity contribution is -0.122. The van der Waals surface area contributed by atoms with Crippen LogP contribution >= 0.6 is 7.82 Å². The molecule has 0 saturated heterocycles. The molecule has 1 unspecified atom stereocenters. The zero-order valence-electron chi connectivity index (χ0n) is 25.6. The van der Waals surface area contributed by atoms with E-state index >= 15 is 0 Å². The van der Waals surface area contributed by atoms with E-state index in [0.717, 1.165) is 36.1 Å². The van der Waals surface area contributed by atoms with E-state index in [4.69, 9.17) is 14.0 Å². The van der Waals surface area contributed by atoms with Crippen LogP contribution in [-0.4, -0.2) is 35.5 Å². The SMILES string of the molecule is CCCCCCCCCCCCCCCC(=O)NC(COP(=O)(O)O)Cc1ccc(OCc2cccc(OC)c2)cc1. The average molecular weight is 606 g/mol. The fraction of sp³-hybridized carbons (Fsp3) is 0.606. The van der Waals surface area contributed by atoms with Gasteiger partial charge in [0, 0.05) is 6.42 Å². The summed E-state index contributed by atoms with van der Waals surface area (Å²) in [6, 6.07) is 14.5. The lowest BCUT2D eigenvalue weighted by Gasteiger charge is -2.19. The van der Waals surface area contributed by atoms with E-state index in [1.807, 2.05) is 48.5 Å². The Bertz CT molecular complexity index is 1040. The first-order valence-corrected chi connectivity index (χ1v) is 17.2. The van der Waals surface area contributed by atoms with Crippen molar-refractivity contribution in [3.8, 4) is 11.5 Å². The zero-order chi connectivity index (χ0) is 30.5. The molecule has 0 heterocycles. The van der Waals surface area contributed by atoms with Gasteiger partial charge in [-0.05, 0) is 48.2 Å². The van der Waals surface area contributed by atoms with Crippen LogP contribution in [0.5, 0.6) is 11.5 Å². The van der Waals surface area contributed by atoms with Gasteiger partial charge in [0.1, 0.15) is 18.1 Å². The summed E-state index contributed by atoms with van der Waals surface area (Å²) in [6.07, 6.45) is 16.9. The van der Waals surface area contributed by atoms with Crippen molar-refractivity contribution >= 4 is 13.7 Å². The van der Waals surface area contributed by atoms with Gasteiger partial charge < -0.3 is 24.6 Å². The summed E-state index contributed by atoms with van der Waals surface area (Å²) in [4.78, 5) is 31.0. The van der Waals surface area contributed by atoms with Crippen molar-refractivity contribution in [2.24, 2.45) is 0 Å². The van der Waals surface area contributed by atoms with Gasteiger partial charge in [-0.25, -0.2) is 4.57 Å². The first kappa shape index (κ1) is 35.8. The van der Waals surface area contributed by atoms with Crippen molar-refractivity contribution < 1.29 is 33.1 Å². The van der Waals surface area contributed by atoms with Crippen LogP contribution in [-0.2, 0) is 26.9 Å². The second-order valence-corrected chi connectivity index (χ2v) is 12.3. The summed E-state index contributed by atoms with van der Waals surface area (Å²) in [5, 5.41) is 2.90. The Morgan fingerprint density at radius 3 is 1.98 bits per heavy atom. The van der Waals surface area contributed by atoms with E-state index < -0.39 is 13.9 Å². The van der Waals surface area contributed by atoms with Crippen LogP contribution in [0.15, 0.2) is 48.5 Å². The minimum absolute atomic E-state index is 0.129. The van der Waals surface area contributed by atoms with Crippen molar-refractivity contribution in [3.63, 3.8) is 0 Å². The summed E-state index contributed by atoms with van der Waals surface area (Å²) in [7, 11) is -3.03. The van der Waals surface area contributed by atoms with Gasteiger partial charge in [-0.3, -0.25) is 9.32 Å². The standard InChI is InChI=1S/C33H52NO7P/c1-3-4-5-6-7-8-9-10-11-12-13-14-15-19-33(35)34-30(27-41-42(36,37)38)24-28-20-22-31(23-21-28)40-26-29-17-16-18-32(25-29)39-2/h16-18,20-23,25,30H,3-15,19,24,26-27H2,1-2H3,(H,34,35)(H2,36,37,38). The number of phosphoric acid groups is 1. The van der Waals surface area contributed by atoms with Crippen LogP contribution in [0, 0.1) is 0 Å². The number of hydrogen-bond donors (Lipinski definition) is 3. The van der Waals surface area contributed by atoms with Gasteiger partial charge in [-0.1, -0.05) is 108 Å². The van der Waals surface area contributed by atoms with Crippen LogP contribution in [0.2, 0.25) is 0 Å². The minimum Gasteiger partial charge on any atom is -0.497 e. The molecular formula is C33H52NO7P. The molecule has 0 spiro atoms. The second kappa shape index (κ2) is 21.3. The van der Waals surface area contributed by atoms with Gasteiger partial charge in [0.05, 0.1) is 19.8 Å². The highest BCUT2D eigenvalue weighted by molar-refractivity contribution is 7.46. The Kier molecular flexibility index (Phi) is 18.2. The normalized spacial score (nSPS) is 12.2. The van der Waals surface area contributed by atoms with E-state index in [-0.39, 0.29) is 12.5 Å². The van der Waals surface area contributed by atoms with E-state index in [1.54, 1.807) is 7.11 Å². The molecule has 2 aromatic carbocycles. The highest BCUT2D eigenvalue weighted by Crippen LogP contribution is 2.35. The summed E-state index contributed by atoms with van der Waals surface area (Å²) < 4.78 is 27.1. The first-order valence-electron chi connectivity index (χ1n) is 15.6. The third kappa shape index (κ3) is 17.5. The Morgan fingerprint density at radius 1 is 0.810 bits per heavy atom. The smallest absolute Gasteiger partial charge is 0.469 e. The van der Waals surface area contributed by atoms with Crippen LogP contribution in [0.4, 0.5) is 0 Å². The maximum absolute atomic E-state index is 12.6. The predicted octanol–water partition coefficient (Wildman–Crippen LogP) is 7.89. The van der Waals surface area contributed by atoms with Crippen LogP contribution in [0.3, 0.4) is 0 Å². The molecule has 0 fully saturated rings. The van der Waals surface area contributed by atoms with Gasteiger partial charge in [-0.2, -0.15) is 0 Å². The summed E-state index contributed by atoms with van der Waals surface area (Å²) in [6.45, 7) is 2.37. The zero-order valence-corrected chi connectivity index (χ0v) is 26.5. The molecule has 0 aliphatic heterocycles. The molecule has 42 heavy (non-hydrogen) atoms. The molecule has 0 aliphatic carbocycles. The van der Waals surface area contributed by atoms with E-state index in [0.29, 0.717) is 25.2 Å². The molecule has 0 aromatic heterocycles. The lowest BCUT2D eigenvalue weighted by atomic mass is 10.0. The van der Waals surface area contributed by atoms with E-state index in [9.17, 15) is 19.1 Å². The third-order valence-electron chi connectivity index (χ3n) is 7.26. The maximum atomic E-state index is 12.6. The number of unbranched alkanes of at least 4 members (excludes halogenated alkanes) is 12. The molecule has 2 rings (SSSR count). The van der Waals surface area contributed by atoms with Gasteiger partial charge in [0.25, 0.3) is 0 Å². The second-order valence-electron chi connectivity index (χ2n) is 11.0. The quantitative estimate of drug-likeness (QED) is 0.0823. The molecule has 9 heteroatoms. The van der Waals surface area contributed by atoms with Crippen LogP contribution < -0.4 is 14.8 Å². The Morgan fingerprint density at radius 2 is 1.40 bits per heavy atom. The highest BCUT2D eigenvalue weighted by Gasteiger charge is 2.20. The Hall–Kier alpha value is -2.38. The van der Waals surface area contributed by atoms with Crippen LogP contribution in [0.1, 0.15) is 108 Å². The van der Waals surface area contributed by atoms with E-state index in [2.05, 4.69) is 12.2 Å². The molecule has 0 saturated carbocycles. The van der Waals surface area contributed by atoms with E-state index in [1.165, 1.54) is 64.2 Å². The Balaban J connectivity index is 1.69. The number of phosphoric ester groups is 1. The first-order chi connectivity index (χ1) is 20.3.